The Labute approximate surface area is 79.6 Å². The van der Waals surface area contributed by atoms with Gasteiger partial charge >= 0.3 is 10.8 Å². The molecule has 0 fully saturated rings. The number of hydrogen-bond donors (Lipinski definition) is 1. The number of rotatable bonds is 4. The first-order chi connectivity index (χ1) is 6.22. The number of aryl methyl sites for hydroxylation is 1. The number of H-pyrrole nitrogens is 1. The van der Waals surface area contributed by atoms with Crippen molar-refractivity contribution >= 4 is 17.3 Å². The van der Waals surface area contributed by atoms with Gasteiger partial charge < -0.3 is 9.72 Å². The van der Waals surface area contributed by atoms with Gasteiger partial charge in [0.1, 0.15) is 0 Å². The van der Waals surface area contributed by atoms with Crippen molar-refractivity contribution in [1.82, 2.24) is 4.98 Å². The van der Waals surface area contributed by atoms with Crippen LogP contribution in [-0.4, -0.2) is 17.6 Å². The molecule has 0 aliphatic carbocycles. The van der Waals surface area contributed by atoms with Gasteiger partial charge in [-0.3, -0.25) is 9.59 Å². The number of hydrogen-bond acceptors (Lipinski definition) is 4. The highest BCUT2D eigenvalue weighted by molar-refractivity contribution is 7.07. The summed E-state index contributed by atoms with van der Waals surface area (Å²) in [5.74, 6) is -0.227. The first kappa shape index (κ1) is 9.98. The van der Waals surface area contributed by atoms with E-state index in [2.05, 4.69) is 4.98 Å². The molecule has 0 unspecified atom stereocenters. The summed E-state index contributed by atoms with van der Waals surface area (Å²) < 4.78 is 4.74. The van der Waals surface area contributed by atoms with Crippen molar-refractivity contribution in [1.29, 1.82) is 0 Å². The van der Waals surface area contributed by atoms with E-state index in [1.807, 2.05) is 0 Å². The molecule has 0 atom stereocenters. The van der Waals surface area contributed by atoms with Crippen LogP contribution in [-0.2, 0) is 16.0 Å². The van der Waals surface area contributed by atoms with Gasteiger partial charge in [0, 0.05) is 11.1 Å². The van der Waals surface area contributed by atoms with E-state index in [4.69, 9.17) is 4.74 Å². The van der Waals surface area contributed by atoms with Crippen molar-refractivity contribution < 1.29 is 9.53 Å². The van der Waals surface area contributed by atoms with Crippen molar-refractivity contribution in [2.45, 2.75) is 19.8 Å². The van der Waals surface area contributed by atoms with Crippen LogP contribution in [0, 0.1) is 0 Å². The van der Waals surface area contributed by atoms with Crippen molar-refractivity contribution in [3.05, 3.63) is 20.7 Å². The summed E-state index contributed by atoms with van der Waals surface area (Å²) in [6.45, 7) is 2.17. The molecular weight excluding hydrogens is 190 g/mol. The van der Waals surface area contributed by atoms with Gasteiger partial charge in [0.2, 0.25) is 0 Å². The molecule has 1 aromatic heterocycles. The molecule has 1 aromatic rings. The Balaban J connectivity index is 2.35. The van der Waals surface area contributed by atoms with Gasteiger partial charge in [-0.25, -0.2) is 0 Å². The molecule has 1 rings (SSSR count). The van der Waals surface area contributed by atoms with Gasteiger partial charge in [-0.05, 0) is 13.3 Å². The molecule has 4 nitrogen and oxygen atoms in total. The molecule has 0 aromatic carbocycles. The Kier molecular flexibility index (Phi) is 3.70. The van der Waals surface area contributed by atoms with Crippen LogP contribution in [0.25, 0.3) is 0 Å². The van der Waals surface area contributed by atoms with Gasteiger partial charge in [-0.2, -0.15) is 0 Å². The third-order valence-corrected chi connectivity index (χ3v) is 2.19. The number of thiazole rings is 1. The second-order valence-electron chi connectivity index (χ2n) is 2.48. The van der Waals surface area contributed by atoms with E-state index in [1.54, 1.807) is 12.3 Å². The quantitative estimate of drug-likeness (QED) is 0.737. The van der Waals surface area contributed by atoms with Gasteiger partial charge in [-0.1, -0.05) is 11.3 Å². The molecule has 13 heavy (non-hydrogen) atoms. The van der Waals surface area contributed by atoms with Crippen molar-refractivity contribution in [3.8, 4) is 0 Å². The molecule has 1 N–H and O–H groups in total. The third kappa shape index (κ3) is 3.42. The fraction of sp³-hybridized carbons (Fsp3) is 0.500. The Morgan fingerprint density at radius 3 is 3.00 bits per heavy atom. The highest BCUT2D eigenvalue weighted by atomic mass is 32.1. The average Bonchev–Trinajstić information content (AvgIpc) is 2.49. The van der Waals surface area contributed by atoms with E-state index < -0.39 is 0 Å². The predicted molar refractivity (Wildman–Crippen MR) is 49.9 cm³/mol. The highest BCUT2D eigenvalue weighted by Gasteiger charge is 2.03. The van der Waals surface area contributed by atoms with E-state index in [-0.39, 0.29) is 10.8 Å². The summed E-state index contributed by atoms with van der Waals surface area (Å²) >= 11 is 1.11. The monoisotopic (exact) mass is 201 g/mol. The summed E-state index contributed by atoms with van der Waals surface area (Å²) in [5, 5.41) is 1.72. The second kappa shape index (κ2) is 4.81. The fourth-order valence-electron chi connectivity index (χ4n) is 0.906. The van der Waals surface area contributed by atoms with Crippen LogP contribution in [0.1, 0.15) is 19.0 Å². The summed E-state index contributed by atoms with van der Waals surface area (Å²) in [4.78, 5) is 24.2. The average molecular weight is 201 g/mol. The molecule has 0 aliphatic heterocycles. The molecule has 0 saturated heterocycles. The first-order valence-corrected chi connectivity index (χ1v) is 4.92. The minimum Gasteiger partial charge on any atom is -0.466 e. The normalized spacial score (nSPS) is 9.92. The van der Waals surface area contributed by atoms with E-state index in [0.29, 0.717) is 19.4 Å². The smallest absolute Gasteiger partial charge is 0.306 e. The van der Waals surface area contributed by atoms with Crippen LogP contribution in [0.3, 0.4) is 0 Å². The number of ether oxygens (including phenoxy) is 1. The molecular formula is C8H11NO3S. The summed E-state index contributed by atoms with van der Waals surface area (Å²) in [6, 6.07) is 0. The largest absolute Gasteiger partial charge is 0.466 e. The Morgan fingerprint density at radius 1 is 1.69 bits per heavy atom. The van der Waals surface area contributed by atoms with Crippen LogP contribution in [0.4, 0.5) is 0 Å². The topological polar surface area (TPSA) is 59.2 Å². The molecule has 72 valence electrons. The number of carbonyl (C=O) groups is 1. The second-order valence-corrected chi connectivity index (χ2v) is 3.32. The maximum Gasteiger partial charge on any atom is 0.306 e. The maximum absolute atomic E-state index is 10.9. The maximum atomic E-state index is 10.9. The number of esters is 1. The molecule has 0 saturated carbocycles. The minimum atomic E-state index is -0.227. The Bertz CT molecular complexity index is 328. The number of nitrogens with one attached hydrogen (secondary N) is 1. The molecule has 5 heteroatoms. The number of carbonyl (C=O) groups excluding carboxylic acids is 1. The lowest BCUT2D eigenvalue weighted by atomic mass is 10.2. The fourth-order valence-corrected chi connectivity index (χ4v) is 1.52. The lowest BCUT2D eigenvalue weighted by Gasteiger charge is -1.99. The Hall–Kier alpha value is -1.10. The summed E-state index contributed by atoms with van der Waals surface area (Å²) in [5.41, 5.74) is 0.794. The van der Waals surface area contributed by atoms with Gasteiger partial charge in [0.05, 0.1) is 13.0 Å². The zero-order valence-electron chi connectivity index (χ0n) is 7.33. The zero-order valence-corrected chi connectivity index (χ0v) is 8.15. The lowest BCUT2D eigenvalue weighted by molar-refractivity contribution is -0.143. The summed E-state index contributed by atoms with van der Waals surface area (Å²) in [7, 11) is 0. The van der Waals surface area contributed by atoms with E-state index in [1.165, 1.54) is 0 Å². The van der Waals surface area contributed by atoms with Gasteiger partial charge in [0.15, 0.2) is 0 Å². The van der Waals surface area contributed by atoms with E-state index in [9.17, 15) is 9.59 Å². The highest BCUT2D eigenvalue weighted by Crippen LogP contribution is 2.00. The lowest BCUT2D eigenvalue weighted by Crippen LogP contribution is -2.06. The SMILES string of the molecule is CCOC(=O)CCc1csc(=O)[nH]1. The third-order valence-electron chi connectivity index (χ3n) is 1.47. The van der Waals surface area contributed by atoms with Crippen molar-refractivity contribution in [2.75, 3.05) is 6.61 Å². The molecule has 1 heterocycles. The molecule has 0 bridgehead atoms. The molecule has 0 radical (unpaired) electrons. The van der Waals surface area contributed by atoms with Gasteiger partial charge in [-0.15, -0.1) is 0 Å². The summed E-state index contributed by atoms with van der Waals surface area (Å²) in [6.07, 6.45) is 0.859. The van der Waals surface area contributed by atoms with E-state index in [0.717, 1.165) is 17.0 Å². The first-order valence-electron chi connectivity index (χ1n) is 4.04. The molecule has 0 spiro atoms. The number of aromatic nitrogens is 1. The molecule has 0 amide bonds. The van der Waals surface area contributed by atoms with Gasteiger partial charge in [0.25, 0.3) is 0 Å². The van der Waals surface area contributed by atoms with Crippen LogP contribution >= 0.6 is 11.3 Å². The van der Waals surface area contributed by atoms with Crippen LogP contribution in [0.5, 0.6) is 0 Å². The standard InChI is InChI=1S/C8H11NO3S/c1-2-12-7(10)4-3-6-5-13-8(11)9-6/h5H,2-4H2,1H3,(H,9,11). The van der Waals surface area contributed by atoms with E-state index >= 15 is 0 Å². The van der Waals surface area contributed by atoms with Crippen LogP contribution < -0.4 is 4.87 Å². The van der Waals surface area contributed by atoms with Crippen LogP contribution in [0.15, 0.2) is 10.2 Å². The minimum absolute atomic E-state index is 0.0844. The number of aromatic amines is 1. The van der Waals surface area contributed by atoms with Crippen molar-refractivity contribution in [3.63, 3.8) is 0 Å². The predicted octanol–water partition coefficient (Wildman–Crippen LogP) is 0.932. The molecule has 0 aliphatic rings. The van der Waals surface area contributed by atoms with Crippen LogP contribution in [0.2, 0.25) is 0 Å². The van der Waals surface area contributed by atoms with Crippen molar-refractivity contribution in [2.24, 2.45) is 0 Å². The zero-order chi connectivity index (χ0) is 9.68. The Morgan fingerprint density at radius 2 is 2.46 bits per heavy atom.